The van der Waals surface area contributed by atoms with Crippen LogP contribution in [-0.4, -0.2) is 28.4 Å². The molecule has 0 aliphatic carbocycles. The van der Waals surface area contributed by atoms with Gasteiger partial charge in [0.2, 0.25) is 0 Å². The van der Waals surface area contributed by atoms with Crippen molar-refractivity contribution in [2.45, 2.75) is 43.9 Å². The first kappa shape index (κ1) is 14.7. The largest absolute Gasteiger partial charge is 0.377 e. The lowest BCUT2D eigenvalue weighted by Crippen LogP contribution is -2.21. The second-order valence-corrected chi connectivity index (χ2v) is 6.58. The predicted molar refractivity (Wildman–Crippen MR) is 86.9 cm³/mol. The van der Waals surface area contributed by atoms with E-state index in [0.29, 0.717) is 6.10 Å². The fourth-order valence-electron chi connectivity index (χ4n) is 2.61. The van der Waals surface area contributed by atoms with Gasteiger partial charge in [0.1, 0.15) is 0 Å². The third kappa shape index (κ3) is 4.11. The van der Waals surface area contributed by atoms with Gasteiger partial charge in [0.25, 0.3) is 0 Å². The minimum absolute atomic E-state index is 0.395. The van der Waals surface area contributed by atoms with Gasteiger partial charge >= 0.3 is 0 Å². The minimum atomic E-state index is 0.395. The van der Waals surface area contributed by atoms with Gasteiger partial charge in [-0.3, -0.25) is 0 Å². The van der Waals surface area contributed by atoms with Crippen LogP contribution in [0.3, 0.4) is 0 Å². The maximum absolute atomic E-state index is 5.77. The van der Waals surface area contributed by atoms with Crippen molar-refractivity contribution in [3.05, 3.63) is 47.3 Å². The van der Waals surface area contributed by atoms with Crippen LogP contribution in [0.4, 0.5) is 0 Å². The second-order valence-electron chi connectivity index (χ2n) is 5.58. The lowest BCUT2D eigenvalue weighted by atomic mass is 10.1. The second kappa shape index (κ2) is 7.14. The standard InChI is InChI=1S/C17H22N2OS/c1-13-16(11-14-7-3-2-4-8-14)19-17(18-13)21-12-15-9-5-6-10-20-15/h2-4,7-8,15H,5-6,9-12H2,1H3,(H,18,19). The van der Waals surface area contributed by atoms with Gasteiger partial charge in [-0.05, 0) is 31.7 Å². The van der Waals surface area contributed by atoms with E-state index in [1.807, 2.05) is 6.07 Å². The van der Waals surface area contributed by atoms with Crippen LogP contribution in [0.25, 0.3) is 0 Å². The monoisotopic (exact) mass is 302 g/mol. The number of H-pyrrole nitrogens is 1. The van der Waals surface area contributed by atoms with Crippen LogP contribution >= 0.6 is 11.8 Å². The summed E-state index contributed by atoms with van der Waals surface area (Å²) in [7, 11) is 0. The molecule has 2 heterocycles. The maximum Gasteiger partial charge on any atom is 0.165 e. The molecule has 1 unspecified atom stereocenters. The molecule has 21 heavy (non-hydrogen) atoms. The highest BCUT2D eigenvalue weighted by molar-refractivity contribution is 7.99. The Balaban J connectivity index is 1.58. The molecular formula is C17H22N2OS. The number of nitrogens with zero attached hydrogens (tertiary/aromatic N) is 1. The van der Waals surface area contributed by atoms with Gasteiger partial charge in [0.05, 0.1) is 11.8 Å². The number of rotatable bonds is 5. The van der Waals surface area contributed by atoms with Crippen LogP contribution in [0.1, 0.15) is 36.2 Å². The zero-order valence-electron chi connectivity index (χ0n) is 12.5. The number of hydrogen-bond donors (Lipinski definition) is 1. The van der Waals surface area contributed by atoms with Crippen LogP contribution in [0.5, 0.6) is 0 Å². The van der Waals surface area contributed by atoms with E-state index in [1.54, 1.807) is 11.8 Å². The molecule has 0 bridgehead atoms. The molecule has 1 fully saturated rings. The number of aromatic nitrogens is 2. The number of benzene rings is 1. The third-order valence-electron chi connectivity index (χ3n) is 3.86. The Hall–Kier alpha value is -1.26. The number of aryl methyl sites for hydroxylation is 1. The van der Waals surface area contributed by atoms with E-state index in [0.717, 1.165) is 29.6 Å². The molecule has 1 aromatic heterocycles. The SMILES string of the molecule is Cc1[nH]c(SCC2CCCCO2)nc1Cc1ccccc1. The molecule has 112 valence electrons. The average Bonchev–Trinajstić information content (AvgIpc) is 2.87. The number of hydrogen-bond acceptors (Lipinski definition) is 3. The Morgan fingerprint density at radius 3 is 2.90 bits per heavy atom. The molecule has 0 radical (unpaired) electrons. The van der Waals surface area contributed by atoms with Gasteiger partial charge < -0.3 is 9.72 Å². The molecule has 1 aromatic carbocycles. The molecule has 4 heteroatoms. The highest BCUT2D eigenvalue weighted by Crippen LogP contribution is 2.23. The summed E-state index contributed by atoms with van der Waals surface area (Å²) in [5, 5.41) is 1.02. The van der Waals surface area contributed by atoms with Gasteiger partial charge in [-0.25, -0.2) is 4.98 Å². The molecule has 1 saturated heterocycles. The summed E-state index contributed by atoms with van der Waals surface area (Å²) in [5.74, 6) is 0.998. The predicted octanol–water partition coefficient (Wildman–Crippen LogP) is 3.97. The average molecular weight is 302 g/mol. The molecule has 1 N–H and O–H groups in total. The van der Waals surface area contributed by atoms with Crippen molar-refractivity contribution in [3.63, 3.8) is 0 Å². The summed E-state index contributed by atoms with van der Waals surface area (Å²) in [6.07, 6.45) is 4.98. The van der Waals surface area contributed by atoms with Crippen molar-refractivity contribution in [2.75, 3.05) is 12.4 Å². The van der Waals surface area contributed by atoms with Gasteiger partial charge in [-0.1, -0.05) is 42.1 Å². The van der Waals surface area contributed by atoms with Crippen LogP contribution < -0.4 is 0 Å². The van der Waals surface area contributed by atoms with Crippen molar-refractivity contribution >= 4 is 11.8 Å². The highest BCUT2D eigenvalue weighted by Gasteiger charge is 2.15. The van der Waals surface area contributed by atoms with Crippen molar-refractivity contribution in [2.24, 2.45) is 0 Å². The van der Waals surface area contributed by atoms with E-state index in [2.05, 4.69) is 36.2 Å². The van der Waals surface area contributed by atoms with E-state index in [4.69, 9.17) is 9.72 Å². The summed E-state index contributed by atoms with van der Waals surface area (Å²) < 4.78 is 5.77. The Bertz CT molecular complexity index is 561. The van der Waals surface area contributed by atoms with E-state index >= 15 is 0 Å². The Morgan fingerprint density at radius 1 is 1.29 bits per heavy atom. The summed E-state index contributed by atoms with van der Waals surface area (Å²) in [4.78, 5) is 8.14. The molecule has 3 nitrogen and oxygen atoms in total. The smallest absolute Gasteiger partial charge is 0.165 e. The molecule has 0 saturated carbocycles. The molecule has 1 aliphatic heterocycles. The lowest BCUT2D eigenvalue weighted by Gasteiger charge is -2.21. The van der Waals surface area contributed by atoms with Gasteiger partial charge in [0, 0.05) is 24.5 Å². The maximum atomic E-state index is 5.77. The van der Waals surface area contributed by atoms with Crippen molar-refractivity contribution in [3.8, 4) is 0 Å². The fraction of sp³-hybridized carbons (Fsp3) is 0.471. The lowest BCUT2D eigenvalue weighted by molar-refractivity contribution is 0.0315. The normalized spacial score (nSPS) is 18.8. The Labute approximate surface area is 130 Å². The van der Waals surface area contributed by atoms with Gasteiger partial charge in [0.15, 0.2) is 5.16 Å². The first-order valence-electron chi connectivity index (χ1n) is 7.65. The summed E-state index contributed by atoms with van der Waals surface area (Å²) in [6, 6.07) is 10.5. The quantitative estimate of drug-likeness (QED) is 0.849. The van der Waals surface area contributed by atoms with Crippen molar-refractivity contribution in [1.82, 2.24) is 9.97 Å². The zero-order chi connectivity index (χ0) is 14.5. The van der Waals surface area contributed by atoms with E-state index in [9.17, 15) is 0 Å². The summed E-state index contributed by atoms with van der Waals surface area (Å²) in [5.41, 5.74) is 3.62. The van der Waals surface area contributed by atoms with Gasteiger partial charge in [-0.2, -0.15) is 0 Å². The van der Waals surface area contributed by atoms with E-state index < -0.39 is 0 Å². The molecule has 3 rings (SSSR count). The van der Waals surface area contributed by atoms with Crippen LogP contribution in [0.2, 0.25) is 0 Å². The Morgan fingerprint density at radius 2 is 2.14 bits per heavy atom. The molecule has 2 aromatic rings. The van der Waals surface area contributed by atoms with E-state index in [-0.39, 0.29) is 0 Å². The van der Waals surface area contributed by atoms with Crippen molar-refractivity contribution < 1.29 is 4.74 Å². The molecule has 1 atom stereocenters. The van der Waals surface area contributed by atoms with Crippen molar-refractivity contribution in [1.29, 1.82) is 0 Å². The van der Waals surface area contributed by atoms with Gasteiger partial charge in [-0.15, -0.1) is 0 Å². The molecule has 0 amide bonds. The zero-order valence-corrected chi connectivity index (χ0v) is 13.3. The molecular weight excluding hydrogens is 280 g/mol. The topological polar surface area (TPSA) is 37.9 Å². The van der Waals surface area contributed by atoms with E-state index in [1.165, 1.54) is 30.5 Å². The number of imidazole rings is 1. The number of nitrogens with one attached hydrogen (secondary N) is 1. The third-order valence-corrected chi connectivity index (χ3v) is 4.86. The first-order valence-corrected chi connectivity index (χ1v) is 8.63. The number of ether oxygens (including phenoxy) is 1. The van der Waals surface area contributed by atoms with Crippen LogP contribution in [0, 0.1) is 6.92 Å². The Kier molecular flexibility index (Phi) is 4.99. The highest BCUT2D eigenvalue weighted by atomic mass is 32.2. The first-order chi connectivity index (χ1) is 10.3. The van der Waals surface area contributed by atoms with Crippen LogP contribution in [0.15, 0.2) is 35.5 Å². The minimum Gasteiger partial charge on any atom is -0.377 e. The fourth-order valence-corrected chi connectivity index (χ4v) is 3.61. The summed E-state index contributed by atoms with van der Waals surface area (Å²) >= 11 is 1.78. The molecule has 0 spiro atoms. The number of thioether (sulfide) groups is 1. The number of aromatic amines is 1. The summed E-state index contributed by atoms with van der Waals surface area (Å²) in [6.45, 7) is 3.02. The molecule has 1 aliphatic rings. The van der Waals surface area contributed by atoms with Crippen LogP contribution in [-0.2, 0) is 11.2 Å².